The van der Waals surface area contributed by atoms with Gasteiger partial charge in [0.15, 0.2) is 0 Å². The normalized spacial score (nSPS) is 12.7. The molecule has 1 aliphatic heterocycles. The lowest BCUT2D eigenvalue weighted by atomic mass is 10.1. The molecule has 0 fully saturated rings. The van der Waals surface area contributed by atoms with E-state index >= 15 is 0 Å². The number of carbonyl (C=O) groups is 3. The number of nitro benzene ring substituents is 1. The van der Waals surface area contributed by atoms with Gasteiger partial charge in [-0.2, -0.15) is 5.01 Å². The second-order valence-corrected chi connectivity index (χ2v) is 11.3. The summed E-state index contributed by atoms with van der Waals surface area (Å²) in [4.78, 5) is 51.1. The molecule has 1 aliphatic rings. The summed E-state index contributed by atoms with van der Waals surface area (Å²) in [6.45, 7) is -0.105. The number of halogens is 5. The predicted molar refractivity (Wildman–Crippen MR) is 145 cm³/mol. The van der Waals surface area contributed by atoms with Gasteiger partial charge in [0, 0.05) is 40.1 Å². The molecule has 3 aromatic carbocycles. The highest BCUT2D eigenvalue weighted by Crippen LogP contribution is 2.45. The van der Waals surface area contributed by atoms with Crippen LogP contribution in [-0.4, -0.2) is 32.7 Å². The van der Waals surface area contributed by atoms with Crippen LogP contribution < -0.4 is 0 Å². The molecule has 35 heavy (non-hydrogen) atoms. The Morgan fingerprint density at radius 2 is 1.29 bits per heavy atom. The Morgan fingerprint density at radius 3 is 1.74 bits per heavy atom. The summed E-state index contributed by atoms with van der Waals surface area (Å²) in [7, 11) is 0. The van der Waals surface area contributed by atoms with Crippen LogP contribution in [-0.2, 0) is 6.54 Å². The second-order valence-electron chi connectivity index (χ2n) is 7.22. The number of imide groups is 1. The van der Waals surface area contributed by atoms with Crippen molar-refractivity contribution in [2.75, 3.05) is 0 Å². The van der Waals surface area contributed by atoms with Crippen LogP contribution >= 0.6 is 79.6 Å². The lowest BCUT2D eigenvalue weighted by Crippen LogP contribution is -2.49. The van der Waals surface area contributed by atoms with Crippen LogP contribution in [0.2, 0.25) is 0 Å². The van der Waals surface area contributed by atoms with E-state index in [0.29, 0.717) is 23.5 Å². The molecule has 0 aliphatic carbocycles. The van der Waals surface area contributed by atoms with Crippen LogP contribution in [0, 0.1) is 10.1 Å². The van der Waals surface area contributed by atoms with E-state index in [4.69, 9.17) is 0 Å². The Kier molecular flexibility index (Phi) is 7.62. The molecule has 8 nitrogen and oxygen atoms in total. The number of rotatable bonds is 5. The van der Waals surface area contributed by atoms with Gasteiger partial charge in [0.2, 0.25) is 0 Å². The summed E-state index contributed by atoms with van der Waals surface area (Å²) >= 11 is 16.9. The van der Waals surface area contributed by atoms with Gasteiger partial charge < -0.3 is 0 Å². The van der Waals surface area contributed by atoms with Crippen LogP contribution in [0.3, 0.4) is 0 Å². The molecule has 1 heterocycles. The van der Waals surface area contributed by atoms with Gasteiger partial charge in [-0.15, -0.1) is 0 Å². The Hall–Kier alpha value is -1.93. The highest BCUT2D eigenvalue weighted by molar-refractivity contribution is 9.15. The van der Waals surface area contributed by atoms with Gasteiger partial charge >= 0.3 is 0 Å². The van der Waals surface area contributed by atoms with Gasteiger partial charge in [0.1, 0.15) is 0 Å². The number of carbonyl (C=O) groups excluding carboxylic acids is 3. The number of hydrogen-bond acceptors (Lipinski definition) is 5. The van der Waals surface area contributed by atoms with Gasteiger partial charge in [-0.05, 0) is 93.5 Å². The number of hydrogen-bond donors (Lipinski definition) is 0. The van der Waals surface area contributed by atoms with Gasteiger partial charge in [-0.3, -0.25) is 24.5 Å². The van der Waals surface area contributed by atoms with Gasteiger partial charge in [-0.1, -0.05) is 28.1 Å². The van der Waals surface area contributed by atoms with Crippen LogP contribution in [0.4, 0.5) is 5.69 Å². The zero-order valence-corrected chi connectivity index (χ0v) is 25.0. The average molecular weight is 796 g/mol. The number of non-ortho nitro benzene ring substituents is 1. The van der Waals surface area contributed by atoms with Crippen LogP contribution in [0.15, 0.2) is 70.9 Å². The number of fused-ring (bicyclic) bond motifs is 1. The van der Waals surface area contributed by atoms with Crippen molar-refractivity contribution in [2.45, 2.75) is 6.54 Å². The zero-order valence-electron chi connectivity index (χ0n) is 17.1. The van der Waals surface area contributed by atoms with Crippen molar-refractivity contribution < 1.29 is 19.3 Å². The predicted octanol–water partition coefficient (Wildman–Crippen LogP) is 7.26. The van der Waals surface area contributed by atoms with E-state index in [9.17, 15) is 24.5 Å². The van der Waals surface area contributed by atoms with Crippen LogP contribution in [0.1, 0.15) is 36.6 Å². The molecule has 0 spiro atoms. The minimum atomic E-state index is -0.696. The summed E-state index contributed by atoms with van der Waals surface area (Å²) in [6.07, 6.45) is 0. The minimum absolute atomic E-state index is 0.0739. The third-order valence-corrected chi connectivity index (χ3v) is 10.4. The molecule has 3 amide bonds. The van der Waals surface area contributed by atoms with Crippen molar-refractivity contribution in [1.29, 1.82) is 0 Å². The molecule has 0 saturated carbocycles. The minimum Gasteiger partial charge on any atom is -0.267 e. The van der Waals surface area contributed by atoms with E-state index in [1.807, 2.05) is 0 Å². The number of amides is 3. The molecular formula is C22H10Br5N3O5. The molecule has 4 rings (SSSR count). The van der Waals surface area contributed by atoms with Gasteiger partial charge in [0.25, 0.3) is 23.4 Å². The molecule has 0 aromatic heterocycles. The lowest BCUT2D eigenvalue weighted by molar-refractivity contribution is -0.384. The van der Waals surface area contributed by atoms with E-state index in [2.05, 4.69) is 79.6 Å². The Morgan fingerprint density at radius 1 is 0.800 bits per heavy atom. The quantitative estimate of drug-likeness (QED) is 0.0891. The first kappa shape index (κ1) is 26.1. The lowest BCUT2D eigenvalue weighted by Gasteiger charge is -2.30. The zero-order chi connectivity index (χ0) is 25.6. The molecule has 178 valence electrons. The monoisotopic (exact) mass is 791 g/mol. The van der Waals surface area contributed by atoms with E-state index in [1.165, 1.54) is 24.3 Å². The van der Waals surface area contributed by atoms with Crippen molar-refractivity contribution in [3.63, 3.8) is 0 Å². The Bertz CT molecular complexity index is 1360. The fourth-order valence-corrected chi connectivity index (χ4v) is 6.15. The van der Waals surface area contributed by atoms with Crippen molar-refractivity contribution in [3.8, 4) is 0 Å². The molecule has 13 heteroatoms. The number of nitrogens with zero attached hydrogens (tertiary/aromatic N) is 3. The maximum atomic E-state index is 13.6. The first-order valence-corrected chi connectivity index (χ1v) is 13.5. The van der Waals surface area contributed by atoms with Gasteiger partial charge in [-0.25, -0.2) is 5.01 Å². The second kappa shape index (κ2) is 10.2. The topological polar surface area (TPSA) is 101 Å². The molecule has 0 atom stereocenters. The van der Waals surface area contributed by atoms with Crippen molar-refractivity contribution in [3.05, 3.63) is 103 Å². The molecule has 3 aromatic rings. The van der Waals surface area contributed by atoms with E-state index in [1.54, 1.807) is 24.3 Å². The maximum Gasteiger partial charge on any atom is 0.282 e. The molecule has 0 saturated heterocycles. The first-order chi connectivity index (χ1) is 16.5. The molecule has 0 unspecified atom stereocenters. The van der Waals surface area contributed by atoms with E-state index in [0.717, 1.165) is 14.5 Å². The maximum absolute atomic E-state index is 13.6. The summed E-state index contributed by atoms with van der Waals surface area (Å²) in [5.74, 6) is -2.07. The Balaban J connectivity index is 1.82. The number of nitro groups is 1. The van der Waals surface area contributed by atoms with E-state index in [-0.39, 0.29) is 28.9 Å². The largest absolute Gasteiger partial charge is 0.282 e. The molecule has 0 N–H and O–H groups in total. The van der Waals surface area contributed by atoms with E-state index < -0.39 is 22.6 Å². The van der Waals surface area contributed by atoms with Gasteiger partial charge in [0.05, 0.1) is 22.6 Å². The number of benzene rings is 3. The van der Waals surface area contributed by atoms with Crippen molar-refractivity contribution in [2.24, 2.45) is 0 Å². The molecule has 0 radical (unpaired) electrons. The van der Waals surface area contributed by atoms with Crippen LogP contribution in [0.5, 0.6) is 0 Å². The van der Waals surface area contributed by atoms with Crippen molar-refractivity contribution >= 4 is 103 Å². The highest BCUT2D eigenvalue weighted by atomic mass is 79.9. The van der Waals surface area contributed by atoms with Crippen molar-refractivity contribution in [1.82, 2.24) is 10.0 Å². The summed E-state index contributed by atoms with van der Waals surface area (Å²) < 4.78 is 2.57. The summed E-state index contributed by atoms with van der Waals surface area (Å²) in [5, 5.41) is 12.9. The van der Waals surface area contributed by atoms with Crippen LogP contribution in [0.25, 0.3) is 0 Å². The average Bonchev–Trinajstić information content (AvgIpc) is 3.10. The smallest absolute Gasteiger partial charge is 0.267 e. The SMILES string of the molecule is O=C(c1ccc([N+](=O)[O-])cc1)N(Cc1ccc(Br)cc1)N1C(=O)c2c(Br)c(Br)c(Br)c(Br)c2C1=O. The fraction of sp³-hybridized carbons (Fsp3) is 0.0455. The first-order valence-electron chi connectivity index (χ1n) is 9.58. The third-order valence-electron chi connectivity index (χ3n) is 5.13. The molecular weight excluding hydrogens is 786 g/mol. The standard InChI is InChI=1S/C22H10Br5N3O5/c23-12-5-1-10(2-6-12)9-28(20(31)11-3-7-13(8-4-11)30(34)35)29-21(32)14-15(22(29)33)17(25)19(27)18(26)16(14)24/h1-8H,9H2. The highest BCUT2D eigenvalue weighted by Gasteiger charge is 2.45. The Labute approximate surface area is 240 Å². The third kappa shape index (κ3) is 4.76. The molecule has 0 bridgehead atoms. The summed E-state index contributed by atoms with van der Waals surface area (Å²) in [6, 6.07) is 12.0. The number of hydrazine groups is 1. The fourth-order valence-electron chi connectivity index (χ4n) is 3.43. The summed E-state index contributed by atoms with van der Waals surface area (Å²) in [5.41, 5.74) is 0.720.